The highest BCUT2D eigenvalue weighted by molar-refractivity contribution is 5.89. The third-order valence-electron chi connectivity index (χ3n) is 5.35. The van der Waals surface area contributed by atoms with Gasteiger partial charge in [0.1, 0.15) is 0 Å². The Labute approximate surface area is 171 Å². The number of carboxylic acid groups (broad SMARTS) is 1. The number of benzene rings is 2. The van der Waals surface area contributed by atoms with Gasteiger partial charge in [-0.05, 0) is 74.2 Å². The fourth-order valence-corrected chi connectivity index (χ4v) is 3.69. The third-order valence-corrected chi connectivity index (χ3v) is 5.35. The third kappa shape index (κ3) is 5.50. The maximum atomic E-state index is 11.2. The van der Waals surface area contributed by atoms with Crippen molar-refractivity contribution in [1.82, 2.24) is 0 Å². The molecular weight excluding hydrogens is 368 g/mol. The molecule has 154 valence electrons. The van der Waals surface area contributed by atoms with Crippen molar-refractivity contribution in [2.75, 3.05) is 43.1 Å². The summed E-state index contributed by atoms with van der Waals surface area (Å²) < 4.78 is 4.65. The molecule has 2 aromatic rings. The largest absolute Gasteiger partial charge is 0.478 e. The smallest absolute Gasteiger partial charge is 0.337 e. The molecule has 0 unspecified atom stereocenters. The van der Waals surface area contributed by atoms with Gasteiger partial charge in [-0.3, -0.25) is 0 Å². The number of carbonyl (C=O) groups is 2. The molecule has 0 spiro atoms. The van der Waals surface area contributed by atoms with Gasteiger partial charge in [-0.15, -0.1) is 0 Å². The standard InChI is InChI=1S/C12H15NO2.C11H13NO2/c1-15-12(14)10-4-6-11(7-5-10)13-8-2-3-9-13;13-11(14)9-3-5-10(6-4-9)12-7-1-2-8-12/h4-7H,2-3,8-9H2,1H3;3-6H,1-2,7-8H2,(H,13,14). The van der Waals surface area contributed by atoms with Gasteiger partial charge in [0.2, 0.25) is 0 Å². The topological polar surface area (TPSA) is 70.1 Å². The van der Waals surface area contributed by atoms with E-state index in [4.69, 9.17) is 5.11 Å². The molecule has 4 rings (SSSR count). The highest BCUT2D eigenvalue weighted by atomic mass is 16.5. The minimum Gasteiger partial charge on any atom is -0.478 e. The molecule has 6 nitrogen and oxygen atoms in total. The van der Waals surface area contributed by atoms with Gasteiger partial charge in [0.05, 0.1) is 18.2 Å². The zero-order valence-electron chi connectivity index (χ0n) is 16.8. The number of carbonyl (C=O) groups excluding carboxylic acids is 1. The summed E-state index contributed by atoms with van der Waals surface area (Å²) in [6, 6.07) is 14.7. The molecule has 1 N–H and O–H groups in total. The van der Waals surface area contributed by atoms with Gasteiger partial charge >= 0.3 is 11.9 Å². The minimum atomic E-state index is -0.863. The van der Waals surface area contributed by atoms with E-state index >= 15 is 0 Å². The summed E-state index contributed by atoms with van der Waals surface area (Å²) in [5.74, 6) is -1.14. The Balaban J connectivity index is 0.000000166. The maximum absolute atomic E-state index is 11.2. The first-order valence-corrected chi connectivity index (χ1v) is 10.1. The predicted molar refractivity (Wildman–Crippen MR) is 114 cm³/mol. The molecule has 0 bridgehead atoms. The summed E-state index contributed by atoms with van der Waals surface area (Å²) in [6.45, 7) is 4.42. The van der Waals surface area contributed by atoms with Gasteiger partial charge in [0.25, 0.3) is 0 Å². The van der Waals surface area contributed by atoms with Crippen LogP contribution in [0, 0.1) is 0 Å². The van der Waals surface area contributed by atoms with E-state index in [1.54, 1.807) is 12.1 Å². The lowest BCUT2D eigenvalue weighted by Crippen LogP contribution is -2.17. The number of hydrogen-bond donors (Lipinski definition) is 1. The molecule has 6 heteroatoms. The maximum Gasteiger partial charge on any atom is 0.337 e. The van der Waals surface area contributed by atoms with Gasteiger partial charge in [0.15, 0.2) is 0 Å². The van der Waals surface area contributed by atoms with Crippen molar-refractivity contribution in [1.29, 1.82) is 0 Å². The van der Waals surface area contributed by atoms with E-state index in [0.29, 0.717) is 11.1 Å². The lowest BCUT2D eigenvalue weighted by Gasteiger charge is -2.17. The van der Waals surface area contributed by atoms with Crippen molar-refractivity contribution in [3.8, 4) is 0 Å². The van der Waals surface area contributed by atoms with E-state index in [1.807, 2.05) is 36.4 Å². The van der Waals surface area contributed by atoms with Crippen molar-refractivity contribution in [3.63, 3.8) is 0 Å². The monoisotopic (exact) mass is 396 g/mol. The number of ether oxygens (including phenoxy) is 1. The van der Waals surface area contributed by atoms with Crippen molar-refractivity contribution in [2.45, 2.75) is 25.7 Å². The molecule has 2 aliphatic heterocycles. The van der Waals surface area contributed by atoms with E-state index in [-0.39, 0.29) is 5.97 Å². The summed E-state index contributed by atoms with van der Waals surface area (Å²) in [7, 11) is 1.40. The van der Waals surface area contributed by atoms with Crippen LogP contribution in [0.5, 0.6) is 0 Å². The lowest BCUT2D eigenvalue weighted by molar-refractivity contribution is 0.0600. The van der Waals surface area contributed by atoms with Crippen LogP contribution in [-0.4, -0.2) is 50.3 Å². The number of rotatable bonds is 4. The number of hydrogen-bond acceptors (Lipinski definition) is 5. The normalized spacial score (nSPS) is 15.6. The number of aromatic carboxylic acids is 1. The predicted octanol–water partition coefficient (Wildman–Crippen LogP) is 4.06. The molecule has 0 atom stereocenters. The van der Waals surface area contributed by atoms with Gasteiger partial charge in [0, 0.05) is 37.6 Å². The van der Waals surface area contributed by atoms with Crippen molar-refractivity contribution >= 4 is 23.3 Å². The molecule has 2 saturated heterocycles. The van der Waals surface area contributed by atoms with Crippen LogP contribution in [0.4, 0.5) is 11.4 Å². The van der Waals surface area contributed by atoms with Gasteiger partial charge in [-0.25, -0.2) is 9.59 Å². The average molecular weight is 396 g/mol. The quantitative estimate of drug-likeness (QED) is 0.786. The van der Waals surface area contributed by atoms with Crippen molar-refractivity contribution < 1.29 is 19.4 Å². The summed E-state index contributed by atoms with van der Waals surface area (Å²) >= 11 is 0. The second kappa shape index (κ2) is 9.96. The Morgan fingerprint density at radius 1 is 0.724 bits per heavy atom. The van der Waals surface area contributed by atoms with Crippen LogP contribution in [0.25, 0.3) is 0 Å². The Hall–Kier alpha value is -3.02. The van der Waals surface area contributed by atoms with Crippen LogP contribution in [0.1, 0.15) is 46.4 Å². The molecule has 0 saturated carbocycles. The van der Waals surface area contributed by atoms with Gasteiger partial charge in [-0.2, -0.15) is 0 Å². The average Bonchev–Trinajstić information content (AvgIpc) is 3.48. The fraction of sp³-hybridized carbons (Fsp3) is 0.391. The van der Waals surface area contributed by atoms with Gasteiger partial charge in [-0.1, -0.05) is 0 Å². The molecule has 2 heterocycles. The van der Waals surface area contributed by atoms with Crippen LogP contribution < -0.4 is 9.80 Å². The van der Waals surface area contributed by atoms with Crippen molar-refractivity contribution in [2.24, 2.45) is 0 Å². The molecule has 0 radical (unpaired) electrons. The number of methoxy groups -OCH3 is 1. The van der Waals surface area contributed by atoms with Crippen LogP contribution in [-0.2, 0) is 4.74 Å². The summed E-state index contributed by atoms with van der Waals surface area (Å²) in [6.07, 6.45) is 5.00. The first kappa shape index (κ1) is 20.7. The number of carboxylic acids is 1. The second-order valence-electron chi connectivity index (χ2n) is 7.28. The Morgan fingerprint density at radius 3 is 1.45 bits per heavy atom. The molecular formula is C23H28N2O4. The summed E-state index contributed by atoms with van der Waals surface area (Å²) in [5.41, 5.74) is 3.29. The molecule has 0 aromatic heterocycles. The zero-order valence-corrected chi connectivity index (χ0v) is 16.8. The number of nitrogens with zero attached hydrogens (tertiary/aromatic N) is 2. The molecule has 2 aromatic carbocycles. The minimum absolute atomic E-state index is 0.275. The molecule has 0 aliphatic carbocycles. The number of anilines is 2. The highest BCUT2D eigenvalue weighted by Crippen LogP contribution is 2.21. The van der Waals surface area contributed by atoms with Crippen LogP contribution in [0.15, 0.2) is 48.5 Å². The Kier molecular flexibility index (Phi) is 7.11. The summed E-state index contributed by atoms with van der Waals surface area (Å²) in [5, 5.41) is 8.73. The van der Waals surface area contributed by atoms with E-state index in [0.717, 1.165) is 31.9 Å². The SMILES string of the molecule is COC(=O)c1ccc(N2CCCC2)cc1.O=C(O)c1ccc(N2CCCC2)cc1. The molecule has 2 fully saturated rings. The van der Waals surface area contributed by atoms with Crippen molar-refractivity contribution in [3.05, 3.63) is 59.7 Å². The van der Waals surface area contributed by atoms with Gasteiger partial charge < -0.3 is 19.6 Å². The zero-order chi connectivity index (χ0) is 20.6. The van der Waals surface area contributed by atoms with E-state index in [1.165, 1.54) is 38.5 Å². The Bertz CT molecular complexity index is 806. The lowest BCUT2D eigenvalue weighted by atomic mass is 10.2. The van der Waals surface area contributed by atoms with Crippen LogP contribution >= 0.6 is 0 Å². The second-order valence-corrected chi connectivity index (χ2v) is 7.28. The fourth-order valence-electron chi connectivity index (χ4n) is 3.69. The van der Waals surface area contributed by atoms with E-state index in [2.05, 4.69) is 14.5 Å². The molecule has 0 amide bonds. The number of esters is 1. The summed E-state index contributed by atoms with van der Waals surface area (Å²) in [4.78, 5) is 26.4. The highest BCUT2D eigenvalue weighted by Gasteiger charge is 2.13. The van der Waals surface area contributed by atoms with Crippen LogP contribution in [0.2, 0.25) is 0 Å². The van der Waals surface area contributed by atoms with E-state index in [9.17, 15) is 9.59 Å². The first-order valence-electron chi connectivity index (χ1n) is 10.1. The Morgan fingerprint density at radius 2 is 1.10 bits per heavy atom. The van der Waals surface area contributed by atoms with E-state index < -0.39 is 5.97 Å². The molecule has 2 aliphatic rings. The molecule has 29 heavy (non-hydrogen) atoms. The van der Waals surface area contributed by atoms with Crippen LogP contribution in [0.3, 0.4) is 0 Å². The first-order chi connectivity index (χ1) is 14.1.